The summed E-state index contributed by atoms with van der Waals surface area (Å²) in [5, 5.41) is 8.92. The monoisotopic (exact) mass is 388 g/mol. The van der Waals surface area contributed by atoms with Crippen molar-refractivity contribution in [3.63, 3.8) is 0 Å². The Labute approximate surface area is 111 Å². The van der Waals surface area contributed by atoms with Crippen LogP contribution >= 0.6 is 22.6 Å². The van der Waals surface area contributed by atoms with Crippen molar-refractivity contribution < 1.29 is 30.9 Å². The first-order valence-electron chi connectivity index (χ1n) is 4.92. The second-order valence-corrected chi connectivity index (χ2v) is 7.08. The van der Waals surface area contributed by atoms with Gasteiger partial charge in [0.15, 0.2) is 0 Å². The standard InChI is InChI=1S/C8H12F3IO4S/c9-8(10,11)17(14,15)16-7-3-5(4-13)1-2-6(7)12/h5-7,13H,1-4H2/t5-,6-,7-/m0/s1. The maximum Gasteiger partial charge on any atom is 0.523 e. The van der Waals surface area contributed by atoms with Gasteiger partial charge in [-0.1, -0.05) is 22.6 Å². The van der Waals surface area contributed by atoms with E-state index < -0.39 is 21.7 Å². The topological polar surface area (TPSA) is 63.6 Å². The van der Waals surface area contributed by atoms with Gasteiger partial charge in [0.2, 0.25) is 0 Å². The number of halogens is 4. The second kappa shape index (κ2) is 5.57. The lowest BCUT2D eigenvalue weighted by Gasteiger charge is -2.31. The van der Waals surface area contributed by atoms with E-state index >= 15 is 0 Å². The zero-order valence-corrected chi connectivity index (χ0v) is 11.6. The number of hydrogen-bond donors (Lipinski definition) is 1. The molecule has 102 valence electrons. The van der Waals surface area contributed by atoms with Crippen molar-refractivity contribution in [3.8, 4) is 0 Å². The van der Waals surface area contributed by atoms with Gasteiger partial charge in [-0.15, -0.1) is 0 Å². The zero-order valence-electron chi connectivity index (χ0n) is 8.65. The van der Waals surface area contributed by atoms with Gasteiger partial charge in [-0.05, 0) is 25.2 Å². The molecule has 1 rings (SSSR count). The molecule has 0 heterocycles. The summed E-state index contributed by atoms with van der Waals surface area (Å²) in [7, 11) is -5.55. The lowest BCUT2D eigenvalue weighted by atomic mass is 9.88. The Morgan fingerprint density at radius 3 is 2.41 bits per heavy atom. The average Bonchev–Trinajstić information content (AvgIpc) is 2.19. The summed E-state index contributed by atoms with van der Waals surface area (Å²) in [6, 6.07) is 0. The van der Waals surface area contributed by atoms with E-state index in [-0.39, 0.29) is 22.9 Å². The molecular formula is C8H12F3IO4S. The van der Waals surface area contributed by atoms with Gasteiger partial charge in [0.05, 0.1) is 6.10 Å². The molecular weight excluding hydrogens is 376 g/mol. The van der Waals surface area contributed by atoms with E-state index in [9.17, 15) is 21.6 Å². The van der Waals surface area contributed by atoms with Crippen molar-refractivity contribution in [1.29, 1.82) is 0 Å². The van der Waals surface area contributed by atoms with Gasteiger partial charge in [0.1, 0.15) is 0 Å². The van der Waals surface area contributed by atoms with Crippen LogP contribution in [0.1, 0.15) is 19.3 Å². The van der Waals surface area contributed by atoms with E-state index in [4.69, 9.17) is 5.11 Å². The molecule has 3 atom stereocenters. The molecule has 0 spiro atoms. The molecule has 17 heavy (non-hydrogen) atoms. The van der Waals surface area contributed by atoms with Crippen LogP contribution in [-0.2, 0) is 14.3 Å². The molecule has 0 aromatic rings. The first-order chi connectivity index (χ1) is 7.67. The third kappa shape index (κ3) is 3.93. The van der Waals surface area contributed by atoms with Gasteiger partial charge < -0.3 is 5.11 Å². The summed E-state index contributed by atoms with van der Waals surface area (Å²) in [5.41, 5.74) is -5.39. The third-order valence-corrected chi connectivity index (χ3v) is 5.10. The van der Waals surface area contributed by atoms with E-state index in [1.54, 1.807) is 0 Å². The highest BCUT2D eigenvalue weighted by Gasteiger charge is 2.49. The quantitative estimate of drug-likeness (QED) is 0.347. The molecule has 1 aliphatic rings. The minimum atomic E-state index is -5.55. The number of hydrogen-bond acceptors (Lipinski definition) is 4. The number of aliphatic hydroxyl groups excluding tert-OH is 1. The van der Waals surface area contributed by atoms with Crippen molar-refractivity contribution in [3.05, 3.63) is 0 Å². The molecule has 0 radical (unpaired) electrons. The fourth-order valence-corrected chi connectivity index (χ4v) is 3.30. The summed E-state index contributed by atoms with van der Waals surface area (Å²) in [4.78, 5) is 0. The van der Waals surface area contributed by atoms with Crippen LogP contribution in [0, 0.1) is 5.92 Å². The smallest absolute Gasteiger partial charge is 0.396 e. The maximum absolute atomic E-state index is 12.1. The largest absolute Gasteiger partial charge is 0.523 e. The van der Waals surface area contributed by atoms with Crippen LogP contribution in [0.4, 0.5) is 13.2 Å². The minimum Gasteiger partial charge on any atom is -0.396 e. The van der Waals surface area contributed by atoms with E-state index in [1.165, 1.54) is 0 Å². The lowest BCUT2D eigenvalue weighted by Crippen LogP contribution is -2.38. The lowest BCUT2D eigenvalue weighted by molar-refractivity contribution is -0.0591. The Balaban J connectivity index is 2.73. The van der Waals surface area contributed by atoms with Crippen LogP contribution in [0.15, 0.2) is 0 Å². The van der Waals surface area contributed by atoms with Gasteiger partial charge >= 0.3 is 15.6 Å². The molecule has 9 heteroatoms. The average molecular weight is 388 g/mol. The molecule has 0 amide bonds. The normalized spacial score (nSPS) is 31.5. The zero-order chi connectivity index (χ0) is 13.3. The Morgan fingerprint density at radius 1 is 1.35 bits per heavy atom. The number of aliphatic hydroxyl groups is 1. The van der Waals surface area contributed by atoms with Gasteiger partial charge in [-0.25, -0.2) is 0 Å². The fraction of sp³-hybridized carbons (Fsp3) is 1.00. The molecule has 0 aliphatic heterocycles. The molecule has 0 bridgehead atoms. The Morgan fingerprint density at radius 2 is 1.94 bits per heavy atom. The summed E-state index contributed by atoms with van der Waals surface area (Å²) in [5.74, 6) is -0.200. The van der Waals surface area contributed by atoms with Crippen molar-refractivity contribution >= 4 is 32.7 Å². The van der Waals surface area contributed by atoms with Gasteiger partial charge in [-0.3, -0.25) is 4.18 Å². The van der Waals surface area contributed by atoms with Crippen LogP contribution in [0.2, 0.25) is 0 Å². The molecule has 0 aromatic carbocycles. The van der Waals surface area contributed by atoms with Crippen LogP contribution < -0.4 is 0 Å². The molecule has 0 aromatic heterocycles. The van der Waals surface area contributed by atoms with Gasteiger partial charge in [0.25, 0.3) is 0 Å². The maximum atomic E-state index is 12.1. The van der Waals surface area contributed by atoms with Crippen molar-refractivity contribution in [2.75, 3.05) is 6.61 Å². The summed E-state index contributed by atoms with van der Waals surface area (Å²) in [6.45, 7) is -0.171. The number of alkyl halides is 4. The molecule has 0 unspecified atom stereocenters. The highest BCUT2D eigenvalue weighted by Crippen LogP contribution is 2.35. The Hall–Kier alpha value is 0.390. The first kappa shape index (κ1) is 15.4. The Kier molecular flexibility index (Phi) is 5.07. The summed E-state index contributed by atoms with van der Waals surface area (Å²) >= 11 is 1.87. The fourth-order valence-electron chi connectivity index (χ4n) is 1.66. The molecule has 1 saturated carbocycles. The second-order valence-electron chi connectivity index (χ2n) is 3.91. The van der Waals surface area contributed by atoms with E-state index in [1.807, 2.05) is 22.6 Å². The van der Waals surface area contributed by atoms with Crippen molar-refractivity contribution in [2.45, 2.75) is 34.8 Å². The van der Waals surface area contributed by atoms with E-state index in [0.717, 1.165) is 0 Å². The molecule has 1 N–H and O–H groups in total. The van der Waals surface area contributed by atoms with Crippen LogP contribution in [-0.4, -0.2) is 35.7 Å². The summed E-state index contributed by atoms with van der Waals surface area (Å²) < 4.78 is 62.0. The van der Waals surface area contributed by atoms with Crippen LogP contribution in [0.25, 0.3) is 0 Å². The van der Waals surface area contributed by atoms with Crippen LogP contribution in [0.5, 0.6) is 0 Å². The molecule has 0 saturated heterocycles. The molecule has 4 nitrogen and oxygen atoms in total. The summed E-state index contributed by atoms with van der Waals surface area (Å²) in [6.07, 6.45) is 0.298. The van der Waals surface area contributed by atoms with Crippen molar-refractivity contribution in [2.24, 2.45) is 5.92 Å². The highest BCUT2D eigenvalue weighted by atomic mass is 127. The predicted molar refractivity (Wildman–Crippen MR) is 62.1 cm³/mol. The molecule has 1 fully saturated rings. The minimum absolute atomic E-state index is 0.124. The van der Waals surface area contributed by atoms with Crippen molar-refractivity contribution in [1.82, 2.24) is 0 Å². The molecule has 1 aliphatic carbocycles. The highest BCUT2D eigenvalue weighted by molar-refractivity contribution is 14.1. The third-order valence-electron chi connectivity index (χ3n) is 2.61. The Bertz CT molecular complexity index is 356. The van der Waals surface area contributed by atoms with Gasteiger partial charge in [0, 0.05) is 10.5 Å². The first-order valence-corrected chi connectivity index (χ1v) is 7.57. The van der Waals surface area contributed by atoms with Crippen LogP contribution in [0.3, 0.4) is 0 Å². The van der Waals surface area contributed by atoms with E-state index in [0.29, 0.717) is 12.8 Å². The SMILES string of the molecule is O=S(=O)(O[C@H]1C[C@@H](CO)CC[C@@H]1I)C(F)(F)F. The predicted octanol–water partition coefficient (Wildman–Crippen LogP) is 1.82. The van der Waals surface area contributed by atoms with E-state index in [2.05, 4.69) is 4.18 Å². The number of rotatable bonds is 3. The van der Waals surface area contributed by atoms with Gasteiger partial charge in [-0.2, -0.15) is 21.6 Å².